The SMILES string of the molecule is CC(C)NCc1ccc(-c2ccccc2-c2cccc3c2CN(C)C3=O)o1. The molecule has 0 unspecified atom stereocenters. The highest BCUT2D eigenvalue weighted by Gasteiger charge is 2.27. The number of hydrogen-bond donors (Lipinski definition) is 1. The highest BCUT2D eigenvalue weighted by atomic mass is 16.3. The molecule has 2 aromatic carbocycles. The molecule has 4 rings (SSSR count). The largest absolute Gasteiger partial charge is 0.460 e. The van der Waals surface area contributed by atoms with Crippen LogP contribution in [0, 0.1) is 0 Å². The summed E-state index contributed by atoms with van der Waals surface area (Å²) in [7, 11) is 1.85. The lowest BCUT2D eigenvalue weighted by molar-refractivity contribution is 0.0816. The number of fused-ring (bicyclic) bond motifs is 1. The van der Waals surface area contributed by atoms with Gasteiger partial charge < -0.3 is 14.6 Å². The minimum atomic E-state index is 0.0874. The van der Waals surface area contributed by atoms with Gasteiger partial charge in [0.15, 0.2) is 0 Å². The zero-order valence-corrected chi connectivity index (χ0v) is 16.0. The van der Waals surface area contributed by atoms with Crippen LogP contribution in [0.3, 0.4) is 0 Å². The predicted molar refractivity (Wildman–Crippen MR) is 107 cm³/mol. The van der Waals surface area contributed by atoms with Gasteiger partial charge in [0.2, 0.25) is 0 Å². The number of carbonyl (C=O) groups excluding carboxylic acids is 1. The van der Waals surface area contributed by atoms with E-state index in [4.69, 9.17) is 4.42 Å². The van der Waals surface area contributed by atoms with E-state index >= 15 is 0 Å². The fourth-order valence-corrected chi connectivity index (χ4v) is 3.58. The standard InChI is InChI=1S/C23H24N2O2/c1-15(2)24-13-16-11-12-22(27-16)19-8-5-4-7-17(19)18-9-6-10-20-21(18)14-25(3)23(20)26/h4-12,15,24H,13-14H2,1-3H3. The number of carbonyl (C=O) groups is 1. The molecule has 0 spiro atoms. The summed E-state index contributed by atoms with van der Waals surface area (Å²) in [5.41, 5.74) is 5.12. The first-order valence-corrected chi connectivity index (χ1v) is 9.34. The van der Waals surface area contributed by atoms with Crippen LogP contribution in [0.4, 0.5) is 0 Å². The summed E-state index contributed by atoms with van der Waals surface area (Å²) in [6.45, 7) is 5.58. The normalized spacial score (nSPS) is 13.5. The number of furan rings is 1. The lowest BCUT2D eigenvalue weighted by Gasteiger charge is -2.12. The first kappa shape index (κ1) is 17.6. The Morgan fingerprint density at radius 2 is 1.67 bits per heavy atom. The third-order valence-corrected chi connectivity index (χ3v) is 4.98. The number of nitrogens with zero attached hydrogens (tertiary/aromatic N) is 1. The number of hydrogen-bond acceptors (Lipinski definition) is 3. The quantitative estimate of drug-likeness (QED) is 0.717. The zero-order chi connectivity index (χ0) is 19.0. The van der Waals surface area contributed by atoms with Crippen molar-refractivity contribution >= 4 is 5.91 Å². The Labute approximate surface area is 159 Å². The van der Waals surface area contributed by atoms with Gasteiger partial charge in [0, 0.05) is 30.8 Å². The van der Waals surface area contributed by atoms with Crippen LogP contribution in [-0.4, -0.2) is 23.9 Å². The van der Waals surface area contributed by atoms with Crippen molar-refractivity contribution in [2.75, 3.05) is 7.05 Å². The van der Waals surface area contributed by atoms with Gasteiger partial charge in [-0.05, 0) is 34.9 Å². The Morgan fingerprint density at radius 1 is 0.963 bits per heavy atom. The predicted octanol–water partition coefficient (Wildman–Crippen LogP) is 4.70. The summed E-state index contributed by atoms with van der Waals surface area (Å²) in [5.74, 6) is 1.85. The molecule has 0 atom stereocenters. The molecule has 0 saturated carbocycles. The van der Waals surface area contributed by atoms with Crippen molar-refractivity contribution in [1.82, 2.24) is 10.2 Å². The maximum Gasteiger partial charge on any atom is 0.254 e. The third kappa shape index (κ3) is 3.28. The molecule has 2 heterocycles. The van der Waals surface area contributed by atoms with Crippen LogP contribution in [0.25, 0.3) is 22.5 Å². The Morgan fingerprint density at radius 3 is 2.44 bits per heavy atom. The molecule has 1 aliphatic heterocycles. The van der Waals surface area contributed by atoms with E-state index in [0.29, 0.717) is 19.1 Å². The molecule has 1 amide bonds. The minimum absolute atomic E-state index is 0.0874. The van der Waals surface area contributed by atoms with E-state index in [0.717, 1.165) is 39.3 Å². The van der Waals surface area contributed by atoms with Crippen molar-refractivity contribution in [3.63, 3.8) is 0 Å². The maximum atomic E-state index is 12.4. The van der Waals surface area contributed by atoms with Crippen molar-refractivity contribution < 1.29 is 9.21 Å². The van der Waals surface area contributed by atoms with Gasteiger partial charge in [-0.15, -0.1) is 0 Å². The summed E-state index contributed by atoms with van der Waals surface area (Å²) in [6.07, 6.45) is 0. The minimum Gasteiger partial charge on any atom is -0.460 e. The number of benzene rings is 2. The van der Waals surface area contributed by atoms with E-state index in [1.54, 1.807) is 4.90 Å². The molecule has 3 aromatic rings. The van der Waals surface area contributed by atoms with E-state index in [1.807, 2.05) is 43.4 Å². The van der Waals surface area contributed by atoms with Crippen LogP contribution in [0.5, 0.6) is 0 Å². The first-order chi connectivity index (χ1) is 13.0. The average Bonchev–Trinajstić information content (AvgIpc) is 3.25. The fourth-order valence-electron chi connectivity index (χ4n) is 3.58. The Balaban J connectivity index is 1.75. The Kier molecular flexibility index (Phi) is 4.58. The molecule has 0 aliphatic carbocycles. The molecule has 0 fully saturated rings. The van der Waals surface area contributed by atoms with Gasteiger partial charge in [-0.1, -0.05) is 50.2 Å². The van der Waals surface area contributed by atoms with E-state index in [-0.39, 0.29) is 5.91 Å². The lowest BCUT2D eigenvalue weighted by Crippen LogP contribution is -2.21. The second-order valence-corrected chi connectivity index (χ2v) is 7.34. The van der Waals surface area contributed by atoms with Gasteiger partial charge >= 0.3 is 0 Å². The van der Waals surface area contributed by atoms with Crippen molar-refractivity contribution in [3.05, 3.63) is 71.5 Å². The molecule has 4 nitrogen and oxygen atoms in total. The van der Waals surface area contributed by atoms with Gasteiger partial charge in [-0.2, -0.15) is 0 Å². The lowest BCUT2D eigenvalue weighted by atomic mass is 9.92. The van der Waals surface area contributed by atoms with Crippen molar-refractivity contribution in [2.45, 2.75) is 33.0 Å². The molecule has 0 bridgehead atoms. The smallest absolute Gasteiger partial charge is 0.254 e. The number of amides is 1. The molecule has 0 radical (unpaired) electrons. The highest BCUT2D eigenvalue weighted by molar-refractivity contribution is 6.01. The first-order valence-electron chi connectivity index (χ1n) is 9.34. The summed E-state index contributed by atoms with van der Waals surface area (Å²) < 4.78 is 6.10. The average molecular weight is 360 g/mol. The van der Waals surface area contributed by atoms with Crippen molar-refractivity contribution in [2.24, 2.45) is 0 Å². The summed E-state index contributed by atoms with van der Waals surface area (Å²) in [6, 6.07) is 18.6. The van der Waals surface area contributed by atoms with E-state index in [9.17, 15) is 4.79 Å². The maximum absolute atomic E-state index is 12.4. The van der Waals surface area contributed by atoms with Crippen molar-refractivity contribution in [3.8, 4) is 22.5 Å². The van der Waals surface area contributed by atoms with Crippen LogP contribution in [0.1, 0.15) is 35.5 Å². The van der Waals surface area contributed by atoms with Crippen LogP contribution in [-0.2, 0) is 13.1 Å². The third-order valence-electron chi connectivity index (χ3n) is 4.98. The van der Waals surface area contributed by atoms with Crippen LogP contribution in [0.2, 0.25) is 0 Å². The van der Waals surface area contributed by atoms with E-state index in [1.165, 1.54) is 0 Å². The second-order valence-electron chi connectivity index (χ2n) is 7.34. The monoisotopic (exact) mass is 360 g/mol. The number of rotatable bonds is 5. The van der Waals surface area contributed by atoms with Crippen LogP contribution < -0.4 is 5.32 Å². The van der Waals surface area contributed by atoms with Gasteiger partial charge in [0.05, 0.1) is 6.54 Å². The van der Waals surface area contributed by atoms with Crippen molar-refractivity contribution in [1.29, 1.82) is 0 Å². The molecule has 1 aromatic heterocycles. The molecule has 1 aliphatic rings. The molecule has 138 valence electrons. The van der Waals surface area contributed by atoms with E-state index in [2.05, 4.69) is 37.4 Å². The highest BCUT2D eigenvalue weighted by Crippen LogP contribution is 2.38. The fraction of sp³-hybridized carbons (Fsp3) is 0.261. The molecule has 0 saturated heterocycles. The Bertz CT molecular complexity index is 988. The van der Waals surface area contributed by atoms with E-state index < -0.39 is 0 Å². The Hall–Kier alpha value is -2.85. The van der Waals surface area contributed by atoms with Gasteiger partial charge in [-0.25, -0.2) is 0 Å². The zero-order valence-electron chi connectivity index (χ0n) is 16.0. The molecule has 1 N–H and O–H groups in total. The molecule has 4 heteroatoms. The van der Waals surface area contributed by atoms with Gasteiger partial charge in [0.1, 0.15) is 11.5 Å². The topological polar surface area (TPSA) is 45.5 Å². The summed E-state index contributed by atoms with van der Waals surface area (Å²) in [5, 5.41) is 3.38. The number of nitrogens with one attached hydrogen (secondary N) is 1. The molecular weight excluding hydrogens is 336 g/mol. The van der Waals surface area contributed by atoms with Gasteiger partial charge in [0.25, 0.3) is 5.91 Å². The van der Waals surface area contributed by atoms with Crippen LogP contribution in [0.15, 0.2) is 59.0 Å². The van der Waals surface area contributed by atoms with Gasteiger partial charge in [-0.3, -0.25) is 4.79 Å². The summed E-state index contributed by atoms with van der Waals surface area (Å²) >= 11 is 0. The molecular formula is C23H24N2O2. The van der Waals surface area contributed by atoms with Crippen LogP contribution >= 0.6 is 0 Å². The summed E-state index contributed by atoms with van der Waals surface area (Å²) in [4.78, 5) is 14.1. The molecule has 27 heavy (non-hydrogen) atoms. The second kappa shape index (κ2) is 7.05.